The van der Waals surface area contributed by atoms with Gasteiger partial charge in [0.25, 0.3) is 0 Å². The molecule has 17 heteroatoms. The third kappa shape index (κ3) is 7.62. The summed E-state index contributed by atoms with van der Waals surface area (Å²) in [7, 11) is 0. The third-order valence-electron chi connectivity index (χ3n) is 9.98. The summed E-state index contributed by atoms with van der Waals surface area (Å²) in [6.07, 6.45) is -2.62. The maximum absolute atomic E-state index is 12.8. The van der Waals surface area contributed by atoms with E-state index in [1.807, 2.05) is 54.3 Å². The summed E-state index contributed by atoms with van der Waals surface area (Å²) in [5.41, 5.74) is 3.87. The molecule has 5 atom stereocenters. The smallest absolute Gasteiger partial charge is 0.315 e. The summed E-state index contributed by atoms with van der Waals surface area (Å²) in [6.45, 7) is 4.10. The van der Waals surface area contributed by atoms with Crippen molar-refractivity contribution in [2.75, 3.05) is 29.9 Å². The molecule has 55 heavy (non-hydrogen) atoms. The van der Waals surface area contributed by atoms with Crippen molar-refractivity contribution >= 4 is 29.0 Å². The van der Waals surface area contributed by atoms with Crippen LogP contribution in [0.5, 0.6) is 5.75 Å². The number of amides is 2. The minimum absolute atomic E-state index is 0.0170. The van der Waals surface area contributed by atoms with Crippen LogP contribution >= 0.6 is 0 Å². The van der Waals surface area contributed by atoms with Gasteiger partial charge >= 0.3 is 6.03 Å². The zero-order chi connectivity index (χ0) is 37.9. The number of aliphatic hydroxyl groups excluding tert-OH is 2. The average molecular weight is 747 g/mol. The van der Waals surface area contributed by atoms with Gasteiger partial charge in [-0.2, -0.15) is 14.8 Å². The molecular weight excluding hydrogens is 704 g/mol. The van der Waals surface area contributed by atoms with Crippen LogP contribution in [0.15, 0.2) is 91.3 Å². The largest absolute Gasteiger partial charge is 0.508 e. The van der Waals surface area contributed by atoms with Crippen molar-refractivity contribution in [3.63, 3.8) is 0 Å². The number of aromatic nitrogens is 8. The first-order valence-corrected chi connectivity index (χ1v) is 18.3. The Morgan fingerprint density at radius 2 is 1.75 bits per heavy atom. The number of phenols is 1. The second kappa shape index (κ2) is 15.7. The number of ether oxygens (including phenoxy) is 1. The topological polar surface area (TPSA) is 214 Å². The van der Waals surface area contributed by atoms with Crippen molar-refractivity contribution in [1.29, 1.82) is 0 Å². The zero-order valence-corrected chi connectivity index (χ0v) is 30.1. The van der Waals surface area contributed by atoms with Gasteiger partial charge in [0.15, 0.2) is 29.3 Å². The standard InChI is InChI=1S/C38H42N12O5/c1-2-50-46-34(45-47-50)32-30(52)31(53)36(55-32)49-22-41-29-33(39-20-28(24-11-5-3-6-12-24)25-13-7-4-8-14-25)43-37(44-35(29)49)48-17-16-26(21-48)42-38(54)40-19-23-10-9-15-27(51)18-23/h3-15,18,22,26,28,30-32,36,51-53H,2,16-17,19-21H2,1H3,(H,39,43,44)(H2,40,42,54)/t26?,30-,31+,32-,36+/m0/s1. The number of fused-ring (bicyclic) bond motifs is 1. The summed E-state index contributed by atoms with van der Waals surface area (Å²) in [6, 6.07) is 26.7. The molecule has 2 amide bonds. The van der Waals surface area contributed by atoms with E-state index in [1.54, 1.807) is 22.8 Å². The molecule has 2 aliphatic heterocycles. The Kier molecular flexibility index (Phi) is 10.2. The highest BCUT2D eigenvalue weighted by molar-refractivity contribution is 5.84. The Balaban J connectivity index is 1.07. The molecule has 0 spiro atoms. The van der Waals surface area contributed by atoms with Crippen molar-refractivity contribution in [2.45, 2.75) is 62.9 Å². The number of nitrogens with one attached hydrogen (secondary N) is 3. The van der Waals surface area contributed by atoms with E-state index in [4.69, 9.17) is 14.7 Å². The number of imidazole rings is 1. The lowest BCUT2D eigenvalue weighted by atomic mass is 9.91. The molecule has 6 N–H and O–H groups in total. The highest BCUT2D eigenvalue weighted by atomic mass is 16.6. The average Bonchev–Trinajstić information content (AvgIpc) is 4.02. The summed E-state index contributed by atoms with van der Waals surface area (Å²) in [5.74, 6) is 1.16. The molecule has 0 aliphatic carbocycles. The molecule has 3 aromatic heterocycles. The molecule has 6 aromatic rings. The second-order valence-electron chi connectivity index (χ2n) is 13.6. The van der Waals surface area contributed by atoms with Crippen LogP contribution in [-0.2, 0) is 17.8 Å². The number of benzene rings is 3. The number of hydrogen-bond acceptors (Lipinski definition) is 13. The van der Waals surface area contributed by atoms with Gasteiger partial charge < -0.3 is 40.9 Å². The predicted molar refractivity (Wildman–Crippen MR) is 201 cm³/mol. The van der Waals surface area contributed by atoms with Gasteiger partial charge in [-0.25, -0.2) is 9.78 Å². The summed E-state index contributed by atoms with van der Waals surface area (Å²) in [5, 5.41) is 53.9. The van der Waals surface area contributed by atoms with E-state index in [2.05, 4.69) is 60.6 Å². The molecule has 2 fully saturated rings. The molecule has 2 aliphatic rings. The number of tetrazole rings is 1. The molecule has 1 unspecified atom stereocenters. The first-order valence-electron chi connectivity index (χ1n) is 18.3. The van der Waals surface area contributed by atoms with Crippen molar-refractivity contribution in [2.24, 2.45) is 0 Å². The minimum atomic E-state index is -1.36. The number of aliphatic hydroxyl groups is 2. The van der Waals surface area contributed by atoms with Crippen LogP contribution in [0.3, 0.4) is 0 Å². The van der Waals surface area contributed by atoms with Gasteiger partial charge in [0, 0.05) is 38.1 Å². The Morgan fingerprint density at radius 3 is 2.45 bits per heavy atom. The lowest BCUT2D eigenvalue weighted by molar-refractivity contribution is -0.0384. The number of urea groups is 1. The minimum Gasteiger partial charge on any atom is -0.508 e. The summed E-state index contributed by atoms with van der Waals surface area (Å²) < 4.78 is 7.80. The van der Waals surface area contributed by atoms with Crippen molar-refractivity contribution in [3.8, 4) is 5.75 Å². The molecule has 17 nitrogen and oxygen atoms in total. The van der Waals surface area contributed by atoms with Crippen LogP contribution in [0.25, 0.3) is 11.2 Å². The van der Waals surface area contributed by atoms with Crippen LogP contribution in [0.1, 0.15) is 54.1 Å². The van der Waals surface area contributed by atoms with Crippen LogP contribution in [0.4, 0.5) is 16.6 Å². The lowest BCUT2D eigenvalue weighted by Crippen LogP contribution is -2.43. The van der Waals surface area contributed by atoms with E-state index in [1.165, 1.54) is 11.1 Å². The van der Waals surface area contributed by atoms with Gasteiger partial charge in [0.2, 0.25) is 11.8 Å². The number of phenolic OH excluding ortho intramolecular Hbond substituents is 1. The Morgan fingerprint density at radius 1 is 0.982 bits per heavy atom. The van der Waals surface area contributed by atoms with E-state index < -0.39 is 24.5 Å². The number of hydrogen-bond donors (Lipinski definition) is 6. The Labute approximate surface area is 316 Å². The van der Waals surface area contributed by atoms with Crippen LogP contribution in [0.2, 0.25) is 0 Å². The molecule has 8 rings (SSSR count). The summed E-state index contributed by atoms with van der Waals surface area (Å²) >= 11 is 0. The summed E-state index contributed by atoms with van der Waals surface area (Å²) in [4.78, 5) is 30.8. The molecule has 0 saturated carbocycles. The van der Waals surface area contributed by atoms with Gasteiger partial charge in [-0.15, -0.1) is 10.2 Å². The molecular formula is C38H42N12O5. The molecule has 2 saturated heterocycles. The van der Waals surface area contributed by atoms with Crippen LogP contribution < -0.4 is 20.9 Å². The number of rotatable bonds is 12. The molecule has 284 valence electrons. The fourth-order valence-electron chi connectivity index (χ4n) is 7.10. The van der Waals surface area contributed by atoms with E-state index in [0.29, 0.717) is 55.5 Å². The normalized spacial score (nSPS) is 21.0. The van der Waals surface area contributed by atoms with Gasteiger partial charge in [0.05, 0.1) is 12.9 Å². The fourth-order valence-corrected chi connectivity index (χ4v) is 7.10. The van der Waals surface area contributed by atoms with Gasteiger partial charge in [-0.05, 0) is 47.4 Å². The number of aromatic hydroxyl groups is 1. The van der Waals surface area contributed by atoms with Crippen molar-refractivity contribution < 1.29 is 24.9 Å². The predicted octanol–water partition coefficient (Wildman–Crippen LogP) is 2.85. The monoisotopic (exact) mass is 746 g/mol. The van der Waals surface area contributed by atoms with Crippen LogP contribution in [-0.4, -0.2) is 99.0 Å². The van der Waals surface area contributed by atoms with E-state index in [-0.39, 0.29) is 36.1 Å². The number of anilines is 2. The van der Waals surface area contributed by atoms with Gasteiger partial charge in [-0.3, -0.25) is 4.57 Å². The molecule has 0 bridgehead atoms. The third-order valence-corrected chi connectivity index (χ3v) is 9.98. The lowest BCUT2D eigenvalue weighted by Gasteiger charge is -2.22. The Bertz CT molecular complexity index is 2200. The SMILES string of the molecule is CCn1nnc([C@H]2O[C@@H](n3cnc4c(NCC(c5ccccc5)c5ccccc5)nc(N5CCC(NC(=O)NCc6cccc(O)c6)C5)nc43)[C@H](O)[C@@H]2O)n1. The second-order valence-corrected chi connectivity index (χ2v) is 13.6. The highest BCUT2D eigenvalue weighted by Crippen LogP contribution is 2.39. The molecule has 5 heterocycles. The van der Waals surface area contributed by atoms with E-state index in [0.717, 1.165) is 16.7 Å². The number of nitrogens with zero attached hydrogens (tertiary/aromatic N) is 9. The number of carbonyl (C=O) groups is 1. The van der Waals surface area contributed by atoms with Gasteiger partial charge in [-0.1, -0.05) is 72.8 Å². The maximum Gasteiger partial charge on any atom is 0.315 e. The number of aryl methyl sites for hydroxylation is 1. The first-order chi connectivity index (χ1) is 26.8. The maximum atomic E-state index is 12.8. The van der Waals surface area contributed by atoms with E-state index in [9.17, 15) is 20.1 Å². The quantitative estimate of drug-likeness (QED) is 0.106. The molecule has 3 aromatic carbocycles. The highest BCUT2D eigenvalue weighted by Gasteiger charge is 2.47. The number of carbonyl (C=O) groups excluding carboxylic acids is 1. The first kappa shape index (κ1) is 35.8. The Hall–Kier alpha value is -6.17. The molecule has 0 radical (unpaired) electrons. The van der Waals surface area contributed by atoms with Gasteiger partial charge in [0.1, 0.15) is 18.0 Å². The van der Waals surface area contributed by atoms with Crippen molar-refractivity contribution in [3.05, 3.63) is 114 Å². The van der Waals surface area contributed by atoms with Crippen LogP contribution in [0, 0.1) is 0 Å². The zero-order valence-electron chi connectivity index (χ0n) is 30.1. The van der Waals surface area contributed by atoms with Crippen molar-refractivity contribution in [1.82, 2.24) is 50.4 Å². The fraction of sp³-hybridized carbons (Fsp3) is 0.342. The van der Waals surface area contributed by atoms with E-state index >= 15 is 0 Å².